The molecule has 2 fully saturated rings. The minimum absolute atomic E-state index is 0. The molecule has 0 saturated carbocycles. The average Bonchev–Trinajstić information content (AvgIpc) is 3.04. The fourth-order valence-corrected chi connectivity index (χ4v) is 6.50. The summed E-state index contributed by atoms with van der Waals surface area (Å²) in [6.07, 6.45) is 1.05. The molecule has 0 spiro atoms. The number of nitrogens with zero attached hydrogens (tertiary/aromatic N) is 3. The van der Waals surface area contributed by atoms with Gasteiger partial charge in [-0.3, -0.25) is 38.6 Å². The summed E-state index contributed by atoms with van der Waals surface area (Å²) in [6.45, 7) is 0.286. The molecule has 0 aliphatic carbocycles. The molecule has 17 nitrogen and oxygen atoms in total. The van der Waals surface area contributed by atoms with Gasteiger partial charge in [0.05, 0.1) is 18.2 Å². The van der Waals surface area contributed by atoms with Crippen molar-refractivity contribution in [1.82, 2.24) is 30.3 Å². The Kier molecular flexibility index (Phi) is 11.4. The van der Waals surface area contributed by atoms with Crippen LogP contribution in [0, 0.1) is 0 Å². The summed E-state index contributed by atoms with van der Waals surface area (Å²) in [5.41, 5.74) is -0.442. The number of hydrogen-bond acceptors (Lipinski definition) is 12. The van der Waals surface area contributed by atoms with E-state index < -0.39 is 75.9 Å². The van der Waals surface area contributed by atoms with Crippen molar-refractivity contribution < 1.29 is 78.1 Å². The first-order valence-electron chi connectivity index (χ1n) is 14.1. The number of ether oxygens (including phenoxy) is 1. The van der Waals surface area contributed by atoms with E-state index in [9.17, 15) is 48.6 Å². The predicted octanol–water partition coefficient (Wildman–Crippen LogP) is -5.33. The zero-order chi connectivity index (χ0) is 34.0. The molecule has 3 aliphatic heterocycles. The molecule has 5 rings (SSSR count). The monoisotopic (exact) mass is 690 g/mol. The Morgan fingerprint density at radius 3 is 2.46 bits per heavy atom. The quantitative estimate of drug-likeness (QED) is 0.0836. The first-order valence-corrected chi connectivity index (χ1v) is 15.1. The number of esters is 1. The smallest absolute Gasteiger partial charge is 0.543 e. The molecule has 0 unspecified atom stereocenters. The summed E-state index contributed by atoms with van der Waals surface area (Å²) in [5, 5.41) is 25.5. The number of pyridine rings is 1. The van der Waals surface area contributed by atoms with Gasteiger partial charge >= 0.3 is 53.4 Å². The van der Waals surface area contributed by atoms with E-state index in [0.29, 0.717) is 4.90 Å². The molecule has 3 atom stereocenters. The molecule has 1 aromatic heterocycles. The van der Waals surface area contributed by atoms with Gasteiger partial charge in [0.2, 0.25) is 11.3 Å². The molecular formula is C29H27N6NaO11S. The van der Waals surface area contributed by atoms with Crippen molar-refractivity contribution in [3.63, 3.8) is 0 Å². The number of carboxylic acids is 1. The van der Waals surface area contributed by atoms with Crippen LogP contribution in [0.3, 0.4) is 0 Å². The SMILES string of the molecule is CC(=O)OCC1=C(C(=O)[O-])N2C(=O)[C@@H](NC(=O)[C@H](NC(=O)N3CCN(Cc4cc(=O)c(O)c[nH]4)C(=O)C3=O)c3ccccc3)[C@H]2SC1.[Na+]. The van der Waals surface area contributed by atoms with E-state index >= 15 is 0 Å². The third-order valence-corrected chi connectivity index (χ3v) is 8.86. The summed E-state index contributed by atoms with van der Waals surface area (Å²) >= 11 is 1.13. The molecular weight excluding hydrogens is 663 g/mol. The minimum Gasteiger partial charge on any atom is -0.543 e. The topological polar surface area (TPSA) is 239 Å². The van der Waals surface area contributed by atoms with E-state index in [2.05, 4.69) is 15.6 Å². The number of aliphatic carboxylic acids is 1. The van der Waals surface area contributed by atoms with Crippen LogP contribution in [0.25, 0.3) is 0 Å². The number of carbonyl (C=O) groups is 7. The maximum atomic E-state index is 13.6. The molecule has 0 radical (unpaired) electrons. The Labute approximate surface area is 297 Å². The Balaban J connectivity index is 0.00000520. The molecule has 4 N–H and O–H groups in total. The van der Waals surface area contributed by atoms with Crippen LogP contribution in [0.1, 0.15) is 24.2 Å². The summed E-state index contributed by atoms with van der Waals surface area (Å²) in [6, 6.07) is 5.30. The number of aromatic hydroxyl groups is 1. The van der Waals surface area contributed by atoms with Gasteiger partial charge in [0, 0.05) is 49.3 Å². The number of thioether (sulfide) groups is 1. The summed E-state index contributed by atoms with van der Waals surface area (Å²) < 4.78 is 4.90. The number of aromatic amines is 1. The van der Waals surface area contributed by atoms with Gasteiger partial charge in [0.1, 0.15) is 24.1 Å². The van der Waals surface area contributed by atoms with E-state index in [4.69, 9.17) is 4.74 Å². The van der Waals surface area contributed by atoms with E-state index in [1.165, 1.54) is 12.1 Å². The van der Waals surface area contributed by atoms with Crippen molar-refractivity contribution >= 4 is 53.4 Å². The fourth-order valence-electron chi connectivity index (χ4n) is 5.18. The third kappa shape index (κ3) is 7.40. The number of carboxylic acid groups (broad SMARTS) is 1. The van der Waals surface area contributed by atoms with E-state index in [0.717, 1.165) is 40.7 Å². The minimum atomic E-state index is -1.65. The number of urea groups is 1. The van der Waals surface area contributed by atoms with Crippen molar-refractivity contribution in [3.8, 4) is 5.75 Å². The molecule has 246 valence electrons. The van der Waals surface area contributed by atoms with E-state index in [-0.39, 0.29) is 78.4 Å². The van der Waals surface area contributed by atoms with Gasteiger partial charge in [-0.2, -0.15) is 0 Å². The van der Waals surface area contributed by atoms with Crippen LogP contribution in [0.5, 0.6) is 5.75 Å². The van der Waals surface area contributed by atoms with Crippen LogP contribution in [-0.4, -0.2) is 103 Å². The van der Waals surface area contributed by atoms with Gasteiger partial charge in [-0.25, -0.2) is 4.79 Å². The van der Waals surface area contributed by atoms with Gasteiger partial charge in [0.25, 0.3) is 5.91 Å². The van der Waals surface area contributed by atoms with Crippen LogP contribution >= 0.6 is 11.8 Å². The average molecular weight is 691 g/mol. The molecule has 6 amide bonds. The van der Waals surface area contributed by atoms with Gasteiger partial charge in [-0.05, 0) is 5.56 Å². The summed E-state index contributed by atoms with van der Waals surface area (Å²) in [4.78, 5) is 106. The Morgan fingerprint density at radius 2 is 1.81 bits per heavy atom. The van der Waals surface area contributed by atoms with Crippen LogP contribution < -0.4 is 50.7 Å². The molecule has 48 heavy (non-hydrogen) atoms. The number of β-lactam (4-membered cyclic amide) rings is 1. The molecule has 0 bridgehead atoms. The van der Waals surface area contributed by atoms with Gasteiger partial charge in [-0.1, -0.05) is 30.3 Å². The second kappa shape index (κ2) is 15.1. The molecule has 2 saturated heterocycles. The normalized spacial score (nSPS) is 19.4. The molecule has 2 aromatic rings. The Bertz CT molecular complexity index is 1770. The van der Waals surface area contributed by atoms with Crippen LogP contribution in [0.15, 0.2) is 58.7 Å². The predicted molar refractivity (Wildman–Crippen MR) is 157 cm³/mol. The van der Waals surface area contributed by atoms with Crippen LogP contribution in [0.2, 0.25) is 0 Å². The van der Waals surface area contributed by atoms with Crippen molar-refractivity contribution in [2.24, 2.45) is 0 Å². The number of nitrogens with one attached hydrogen (secondary N) is 3. The number of benzene rings is 1. The summed E-state index contributed by atoms with van der Waals surface area (Å²) in [5.74, 6) is -6.58. The Morgan fingerprint density at radius 1 is 1.10 bits per heavy atom. The second-order valence-electron chi connectivity index (χ2n) is 10.6. The molecule has 19 heteroatoms. The van der Waals surface area contributed by atoms with Crippen LogP contribution in [-0.2, 0) is 40.0 Å². The second-order valence-corrected chi connectivity index (χ2v) is 11.7. The standard InChI is InChI=1S/C29H28N6O11S.Na/c1-14(36)46-12-16-13-47-27-21(24(40)35(27)22(16)28(43)44)31-23(39)20(15-5-3-2-4-6-15)32-29(45)34-8-7-33(25(41)26(34)42)11-17-9-18(37)19(38)10-30-17;/h2-6,9-10,20-21,27,38H,7-8,11-13H2,1H3,(H,30,37)(H,31,39)(H,32,45)(H,43,44);/q;+1/p-1/t20-,21-,27-;/m1./s1. The van der Waals surface area contributed by atoms with Gasteiger partial charge in [-0.15, -0.1) is 11.8 Å². The third-order valence-electron chi connectivity index (χ3n) is 7.52. The van der Waals surface area contributed by atoms with E-state index in [1.807, 2.05) is 0 Å². The number of fused-ring (bicyclic) bond motifs is 1. The number of imide groups is 1. The number of hydrogen-bond donors (Lipinski definition) is 4. The first-order chi connectivity index (χ1) is 22.4. The number of rotatable bonds is 9. The largest absolute Gasteiger partial charge is 1.00 e. The summed E-state index contributed by atoms with van der Waals surface area (Å²) in [7, 11) is 0. The first kappa shape index (κ1) is 36.2. The van der Waals surface area contributed by atoms with Gasteiger partial charge in [0.15, 0.2) is 5.75 Å². The van der Waals surface area contributed by atoms with Crippen LogP contribution in [0.4, 0.5) is 4.79 Å². The van der Waals surface area contributed by atoms with Crippen molar-refractivity contribution in [1.29, 1.82) is 0 Å². The number of carbonyl (C=O) groups excluding carboxylic acids is 7. The molecule has 4 heterocycles. The maximum Gasteiger partial charge on any atom is 1.00 e. The van der Waals surface area contributed by atoms with Crippen molar-refractivity contribution in [2.75, 3.05) is 25.4 Å². The zero-order valence-electron chi connectivity index (χ0n) is 25.6. The number of amides is 6. The molecule has 3 aliphatic rings. The van der Waals surface area contributed by atoms with Crippen molar-refractivity contribution in [3.05, 3.63) is 75.3 Å². The molecule has 1 aromatic carbocycles. The fraction of sp³-hybridized carbons (Fsp3) is 0.310. The number of piperazine rings is 1. The van der Waals surface area contributed by atoms with Crippen molar-refractivity contribution in [2.45, 2.75) is 30.9 Å². The van der Waals surface area contributed by atoms with Gasteiger partial charge < -0.3 is 40.3 Å². The zero-order valence-corrected chi connectivity index (χ0v) is 28.4. The number of aromatic nitrogens is 1. The van der Waals surface area contributed by atoms with E-state index in [1.54, 1.807) is 18.2 Å². The Hall–Kier alpha value is -4.65. The maximum absolute atomic E-state index is 13.6. The number of H-pyrrole nitrogens is 1.